The zero-order valence-electron chi connectivity index (χ0n) is 9.76. The van der Waals surface area contributed by atoms with E-state index >= 15 is 0 Å². The number of anilines is 1. The molecule has 0 aliphatic carbocycles. The summed E-state index contributed by atoms with van der Waals surface area (Å²) >= 11 is 3.63. The van der Waals surface area contributed by atoms with Crippen LogP contribution in [0.1, 0.15) is 18.1 Å². The molecule has 1 fully saturated rings. The first kappa shape index (κ1) is 10.6. The van der Waals surface area contributed by atoms with E-state index in [2.05, 4.69) is 52.1 Å². The number of nitrogens with one attached hydrogen (secondary N) is 1. The van der Waals surface area contributed by atoms with Crippen LogP contribution in [-0.4, -0.2) is 25.2 Å². The lowest BCUT2D eigenvalue weighted by atomic mass is 10.1. The molecule has 86 valence electrons. The average Bonchev–Trinajstić information content (AvgIpc) is 2.58. The van der Waals surface area contributed by atoms with Crippen molar-refractivity contribution in [2.75, 3.05) is 18.0 Å². The maximum atomic E-state index is 3.63. The number of benzene rings is 1. The Morgan fingerprint density at radius 1 is 1.38 bits per heavy atom. The summed E-state index contributed by atoms with van der Waals surface area (Å²) in [6.07, 6.45) is 1.19. The van der Waals surface area contributed by atoms with Crippen LogP contribution in [0.25, 0.3) is 0 Å². The third-order valence-corrected chi connectivity index (χ3v) is 4.64. The molecule has 0 radical (unpaired) electrons. The fraction of sp³-hybridized carbons (Fsp3) is 0.538. The van der Waals surface area contributed by atoms with Gasteiger partial charge in [-0.1, -0.05) is 15.9 Å². The van der Waals surface area contributed by atoms with Crippen LogP contribution in [0, 0.1) is 6.92 Å². The zero-order valence-corrected chi connectivity index (χ0v) is 11.3. The zero-order chi connectivity index (χ0) is 11.3. The first-order chi connectivity index (χ1) is 7.66. The van der Waals surface area contributed by atoms with Gasteiger partial charge in [0.2, 0.25) is 0 Å². The van der Waals surface area contributed by atoms with Gasteiger partial charge in [0.25, 0.3) is 0 Å². The standard InChI is InChI=1S/C13H17BrN2/c1-8-3-13-10(5-12(8)14)4-11-7-15-6-9(2)16(11)13/h3,5,9,11,15H,4,6-7H2,1-2H3. The lowest BCUT2D eigenvalue weighted by Crippen LogP contribution is -2.54. The van der Waals surface area contributed by atoms with Crippen molar-refractivity contribution in [3.63, 3.8) is 0 Å². The molecule has 2 aliphatic heterocycles. The van der Waals surface area contributed by atoms with Gasteiger partial charge in [0, 0.05) is 35.3 Å². The van der Waals surface area contributed by atoms with Crippen molar-refractivity contribution in [1.82, 2.24) is 5.32 Å². The minimum atomic E-state index is 0.612. The van der Waals surface area contributed by atoms with Crippen LogP contribution < -0.4 is 10.2 Å². The highest BCUT2D eigenvalue weighted by molar-refractivity contribution is 9.10. The number of rotatable bonds is 0. The Bertz CT molecular complexity index is 430. The van der Waals surface area contributed by atoms with Crippen LogP contribution in [0.5, 0.6) is 0 Å². The van der Waals surface area contributed by atoms with Gasteiger partial charge >= 0.3 is 0 Å². The fourth-order valence-corrected chi connectivity index (χ4v) is 3.38. The molecule has 1 N–H and O–H groups in total. The van der Waals surface area contributed by atoms with E-state index in [1.807, 2.05) is 0 Å². The van der Waals surface area contributed by atoms with E-state index in [9.17, 15) is 0 Å². The molecule has 2 atom stereocenters. The average molecular weight is 281 g/mol. The van der Waals surface area contributed by atoms with Gasteiger partial charge in [-0.05, 0) is 43.5 Å². The Morgan fingerprint density at radius 3 is 3.00 bits per heavy atom. The molecule has 2 aliphatic rings. The maximum absolute atomic E-state index is 3.63. The van der Waals surface area contributed by atoms with E-state index in [1.165, 1.54) is 27.7 Å². The van der Waals surface area contributed by atoms with E-state index in [4.69, 9.17) is 0 Å². The number of aryl methyl sites for hydroxylation is 1. The Labute approximate surface area is 105 Å². The first-order valence-electron chi connectivity index (χ1n) is 5.95. The second kappa shape index (κ2) is 3.74. The number of halogens is 1. The maximum Gasteiger partial charge on any atom is 0.0459 e. The highest BCUT2D eigenvalue weighted by atomic mass is 79.9. The van der Waals surface area contributed by atoms with Crippen molar-refractivity contribution in [2.45, 2.75) is 32.4 Å². The van der Waals surface area contributed by atoms with Gasteiger partial charge in [-0.15, -0.1) is 0 Å². The van der Waals surface area contributed by atoms with E-state index < -0.39 is 0 Å². The molecule has 2 unspecified atom stereocenters. The van der Waals surface area contributed by atoms with Crippen molar-refractivity contribution in [2.24, 2.45) is 0 Å². The Hall–Kier alpha value is -0.540. The highest BCUT2D eigenvalue weighted by Gasteiger charge is 2.35. The molecule has 0 saturated carbocycles. The molecule has 0 spiro atoms. The summed E-state index contributed by atoms with van der Waals surface area (Å²) in [7, 11) is 0. The summed E-state index contributed by atoms with van der Waals surface area (Å²) in [5, 5.41) is 3.52. The summed E-state index contributed by atoms with van der Waals surface area (Å²) in [5.41, 5.74) is 4.29. The van der Waals surface area contributed by atoms with E-state index in [0.717, 1.165) is 13.1 Å². The third kappa shape index (κ3) is 1.49. The van der Waals surface area contributed by atoms with Crippen LogP contribution in [0.4, 0.5) is 5.69 Å². The quantitative estimate of drug-likeness (QED) is 0.786. The van der Waals surface area contributed by atoms with Crippen molar-refractivity contribution in [3.8, 4) is 0 Å². The Balaban J connectivity index is 2.06. The van der Waals surface area contributed by atoms with Gasteiger partial charge < -0.3 is 10.2 Å². The topological polar surface area (TPSA) is 15.3 Å². The normalized spacial score (nSPS) is 27.8. The lowest BCUT2D eigenvalue weighted by Gasteiger charge is -2.38. The van der Waals surface area contributed by atoms with Gasteiger partial charge in [-0.25, -0.2) is 0 Å². The van der Waals surface area contributed by atoms with Crippen molar-refractivity contribution in [1.29, 1.82) is 0 Å². The van der Waals surface area contributed by atoms with E-state index in [1.54, 1.807) is 0 Å². The summed E-state index contributed by atoms with van der Waals surface area (Å²) in [6, 6.07) is 5.91. The minimum Gasteiger partial charge on any atom is -0.363 e. The summed E-state index contributed by atoms with van der Waals surface area (Å²) in [5.74, 6) is 0. The number of nitrogens with zero attached hydrogens (tertiary/aromatic N) is 1. The number of fused-ring (bicyclic) bond motifs is 3. The molecule has 0 bridgehead atoms. The Morgan fingerprint density at radius 2 is 2.19 bits per heavy atom. The molecule has 1 aromatic rings. The van der Waals surface area contributed by atoms with Crippen molar-refractivity contribution < 1.29 is 0 Å². The van der Waals surface area contributed by atoms with E-state index in [-0.39, 0.29) is 0 Å². The molecule has 3 heteroatoms. The smallest absolute Gasteiger partial charge is 0.0459 e. The molecule has 16 heavy (non-hydrogen) atoms. The van der Waals surface area contributed by atoms with Crippen LogP contribution in [0.15, 0.2) is 16.6 Å². The van der Waals surface area contributed by atoms with Gasteiger partial charge in [-0.3, -0.25) is 0 Å². The first-order valence-corrected chi connectivity index (χ1v) is 6.74. The number of piperazine rings is 1. The van der Waals surface area contributed by atoms with Gasteiger partial charge in [0.15, 0.2) is 0 Å². The second-order valence-corrected chi connectivity index (χ2v) is 5.86. The Kier molecular flexibility index (Phi) is 2.48. The minimum absolute atomic E-state index is 0.612. The molecular weight excluding hydrogens is 264 g/mol. The predicted molar refractivity (Wildman–Crippen MR) is 71.2 cm³/mol. The van der Waals surface area contributed by atoms with Crippen LogP contribution in [-0.2, 0) is 6.42 Å². The monoisotopic (exact) mass is 280 g/mol. The molecule has 2 heterocycles. The molecule has 1 saturated heterocycles. The van der Waals surface area contributed by atoms with Crippen LogP contribution in [0.3, 0.4) is 0 Å². The molecule has 0 aromatic heterocycles. The molecular formula is C13H17BrN2. The molecule has 1 aromatic carbocycles. The largest absolute Gasteiger partial charge is 0.363 e. The fourth-order valence-electron chi connectivity index (χ4n) is 2.99. The van der Waals surface area contributed by atoms with Crippen molar-refractivity contribution >= 4 is 21.6 Å². The van der Waals surface area contributed by atoms with E-state index in [0.29, 0.717) is 12.1 Å². The summed E-state index contributed by atoms with van der Waals surface area (Å²) in [6.45, 7) is 6.71. The highest BCUT2D eigenvalue weighted by Crippen LogP contribution is 2.38. The molecule has 2 nitrogen and oxygen atoms in total. The van der Waals surface area contributed by atoms with Crippen molar-refractivity contribution in [3.05, 3.63) is 27.7 Å². The van der Waals surface area contributed by atoms with Gasteiger partial charge in [0.05, 0.1) is 0 Å². The summed E-state index contributed by atoms with van der Waals surface area (Å²) in [4.78, 5) is 2.60. The predicted octanol–water partition coefficient (Wildman–Crippen LogP) is 2.48. The summed E-state index contributed by atoms with van der Waals surface area (Å²) < 4.78 is 1.24. The number of hydrogen-bond acceptors (Lipinski definition) is 2. The van der Waals surface area contributed by atoms with Gasteiger partial charge in [0.1, 0.15) is 0 Å². The van der Waals surface area contributed by atoms with Crippen LogP contribution in [0.2, 0.25) is 0 Å². The SMILES string of the molecule is Cc1cc2c(cc1Br)CC1CNCC(C)N21. The lowest BCUT2D eigenvalue weighted by molar-refractivity contribution is 0.430. The third-order valence-electron chi connectivity index (χ3n) is 3.78. The van der Waals surface area contributed by atoms with Crippen LogP contribution >= 0.6 is 15.9 Å². The van der Waals surface area contributed by atoms with Gasteiger partial charge in [-0.2, -0.15) is 0 Å². The second-order valence-electron chi connectivity index (χ2n) is 5.00. The molecule has 3 rings (SSSR count). The number of hydrogen-bond donors (Lipinski definition) is 1. The molecule has 0 amide bonds.